The number of rotatable bonds is 2. The van der Waals surface area contributed by atoms with Gasteiger partial charge >= 0.3 is 0 Å². The number of hydrogen-bond acceptors (Lipinski definition) is 3. The monoisotopic (exact) mass is 175 g/mol. The van der Waals surface area contributed by atoms with E-state index in [1.807, 2.05) is 26.0 Å². The van der Waals surface area contributed by atoms with Gasteiger partial charge in [0.1, 0.15) is 0 Å². The highest BCUT2D eigenvalue weighted by molar-refractivity contribution is 5.30. The summed E-state index contributed by atoms with van der Waals surface area (Å²) in [5.74, 6) is 0. The van der Waals surface area contributed by atoms with Crippen LogP contribution >= 0.6 is 0 Å². The fourth-order valence-corrected chi connectivity index (χ4v) is 1.02. The lowest BCUT2D eigenvalue weighted by Crippen LogP contribution is -2.30. The summed E-state index contributed by atoms with van der Waals surface area (Å²) < 4.78 is 0. The standard InChI is InChI=1S/C10H13N3/c1-8-3-4-9(5-13-8)10(2,6-11)7-12/h3-5H,6,11H2,1-2H3. The largest absolute Gasteiger partial charge is 0.329 e. The molecule has 1 aromatic rings. The summed E-state index contributed by atoms with van der Waals surface area (Å²) in [5, 5.41) is 8.95. The van der Waals surface area contributed by atoms with Crippen molar-refractivity contribution in [2.75, 3.05) is 6.54 Å². The van der Waals surface area contributed by atoms with E-state index in [1.165, 1.54) is 0 Å². The van der Waals surface area contributed by atoms with Crippen LogP contribution < -0.4 is 5.73 Å². The number of nitrogens with zero attached hydrogens (tertiary/aromatic N) is 2. The molecule has 68 valence electrons. The molecule has 0 aliphatic heterocycles. The summed E-state index contributed by atoms with van der Waals surface area (Å²) >= 11 is 0. The predicted octanol–water partition coefficient (Wildman–Crippen LogP) is 1.13. The molecule has 0 bridgehead atoms. The Balaban J connectivity index is 3.08. The number of aryl methyl sites for hydroxylation is 1. The maximum atomic E-state index is 8.95. The smallest absolute Gasteiger partial charge is 0.0930 e. The van der Waals surface area contributed by atoms with Crippen LogP contribution in [0.25, 0.3) is 0 Å². The van der Waals surface area contributed by atoms with Crippen LogP contribution in [0.2, 0.25) is 0 Å². The van der Waals surface area contributed by atoms with Gasteiger partial charge in [-0.3, -0.25) is 4.98 Å². The van der Waals surface area contributed by atoms with Crippen molar-refractivity contribution in [1.29, 1.82) is 5.26 Å². The zero-order chi connectivity index (χ0) is 9.90. The lowest BCUT2D eigenvalue weighted by atomic mass is 9.85. The quantitative estimate of drug-likeness (QED) is 0.732. The van der Waals surface area contributed by atoms with Gasteiger partial charge in [-0.1, -0.05) is 6.07 Å². The SMILES string of the molecule is Cc1ccc(C(C)(C#N)CN)cn1. The van der Waals surface area contributed by atoms with Crippen LogP contribution in [0.15, 0.2) is 18.3 Å². The van der Waals surface area contributed by atoms with Crippen LogP contribution in [-0.2, 0) is 5.41 Å². The minimum atomic E-state index is -0.610. The van der Waals surface area contributed by atoms with Crippen LogP contribution in [0.5, 0.6) is 0 Å². The van der Waals surface area contributed by atoms with Crippen molar-refractivity contribution in [3.8, 4) is 6.07 Å². The molecule has 2 N–H and O–H groups in total. The van der Waals surface area contributed by atoms with Gasteiger partial charge in [0.05, 0.1) is 11.5 Å². The first kappa shape index (κ1) is 9.69. The molecule has 1 atom stereocenters. The number of aromatic nitrogens is 1. The maximum absolute atomic E-state index is 8.95. The van der Waals surface area contributed by atoms with Crippen molar-refractivity contribution in [3.63, 3.8) is 0 Å². The number of hydrogen-bond donors (Lipinski definition) is 1. The summed E-state index contributed by atoms with van der Waals surface area (Å²) in [7, 11) is 0. The van der Waals surface area contributed by atoms with Crippen molar-refractivity contribution in [1.82, 2.24) is 4.98 Å². The van der Waals surface area contributed by atoms with Crippen molar-refractivity contribution in [3.05, 3.63) is 29.6 Å². The van der Waals surface area contributed by atoms with Crippen molar-refractivity contribution >= 4 is 0 Å². The van der Waals surface area contributed by atoms with Crippen molar-refractivity contribution < 1.29 is 0 Å². The fourth-order valence-electron chi connectivity index (χ4n) is 1.02. The van der Waals surface area contributed by atoms with Crippen molar-refractivity contribution in [2.24, 2.45) is 5.73 Å². The zero-order valence-corrected chi connectivity index (χ0v) is 7.91. The predicted molar refractivity (Wildman–Crippen MR) is 51.0 cm³/mol. The average molecular weight is 175 g/mol. The van der Waals surface area contributed by atoms with E-state index in [1.54, 1.807) is 6.20 Å². The Morgan fingerprint density at radius 3 is 2.69 bits per heavy atom. The molecule has 1 rings (SSSR count). The Labute approximate surface area is 78.2 Å². The molecule has 0 spiro atoms. The molecule has 0 saturated carbocycles. The number of nitrogens with two attached hydrogens (primary N) is 1. The molecule has 1 heterocycles. The molecular weight excluding hydrogens is 162 g/mol. The van der Waals surface area contributed by atoms with Crippen LogP contribution in [0.1, 0.15) is 18.2 Å². The molecule has 0 aliphatic rings. The van der Waals surface area contributed by atoms with E-state index in [-0.39, 0.29) is 0 Å². The highest BCUT2D eigenvalue weighted by Crippen LogP contribution is 2.20. The van der Waals surface area contributed by atoms with Crippen molar-refractivity contribution in [2.45, 2.75) is 19.3 Å². The normalized spacial score (nSPS) is 14.6. The van der Waals surface area contributed by atoms with Crippen LogP contribution in [0.3, 0.4) is 0 Å². The topological polar surface area (TPSA) is 62.7 Å². The molecule has 0 fully saturated rings. The van der Waals surface area contributed by atoms with Gasteiger partial charge in [0.2, 0.25) is 0 Å². The first-order valence-corrected chi connectivity index (χ1v) is 4.17. The molecule has 3 nitrogen and oxygen atoms in total. The Morgan fingerprint density at radius 1 is 1.62 bits per heavy atom. The lowest BCUT2D eigenvalue weighted by Gasteiger charge is -2.18. The molecular formula is C10H13N3. The number of pyridine rings is 1. The summed E-state index contributed by atoms with van der Waals surface area (Å²) in [6.45, 7) is 4.05. The van der Waals surface area contributed by atoms with Gasteiger partial charge in [0.25, 0.3) is 0 Å². The zero-order valence-electron chi connectivity index (χ0n) is 7.91. The lowest BCUT2D eigenvalue weighted by molar-refractivity contribution is 0.620. The third-order valence-electron chi connectivity index (χ3n) is 2.20. The van der Waals surface area contributed by atoms with Gasteiger partial charge < -0.3 is 5.73 Å². The third kappa shape index (κ3) is 1.85. The second-order valence-corrected chi connectivity index (χ2v) is 3.34. The van der Waals surface area contributed by atoms with E-state index in [0.717, 1.165) is 11.3 Å². The third-order valence-corrected chi connectivity index (χ3v) is 2.20. The van der Waals surface area contributed by atoms with E-state index in [9.17, 15) is 0 Å². The first-order valence-electron chi connectivity index (χ1n) is 4.17. The van der Waals surface area contributed by atoms with E-state index in [2.05, 4.69) is 11.1 Å². The number of nitriles is 1. The second kappa shape index (κ2) is 3.55. The highest BCUT2D eigenvalue weighted by atomic mass is 14.7. The maximum Gasteiger partial charge on any atom is 0.0930 e. The highest BCUT2D eigenvalue weighted by Gasteiger charge is 2.24. The van der Waals surface area contributed by atoms with Crippen LogP contribution in [-0.4, -0.2) is 11.5 Å². The summed E-state index contributed by atoms with van der Waals surface area (Å²) in [5.41, 5.74) is 6.75. The minimum Gasteiger partial charge on any atom is -0.329 e. The van der Waals surface area contributed by atoms with Gasteiger partial charge in [0, 0.05) is 18.4 Å². The summed E-state index contributed by atoms with van der Waals surface area (Å²) in [4.78, 5) is 4.13. The Kier molecular flexibility index (Phi) is 2.64. The van der Waals surface area contributed by atoms with Gasteiger partial charge in [-0.25, -0.2) is 0 Å². The van der Waals surface area contributed by atoms with Gasteiger partial charge in [-0.2, -0.15) is 5.26 Å². The average Bonchev–Trinajstić information content (AvgIpc) is 2.18. The molecule has 13 heavy (non-hydrogen) atoms. The Bertz CT molecular complexity index is 323. The molecule has 3 heteroatoms. The molecule has 1 unspecified atom stereocenters. The Morgan fingerprint density at radius 2 is 2.31 bits per heavy atom. The second-order valence-electron chi connectivity index (χ2n) is 3.34. The first-order chi connectivity index (χ1) is 6.12. The van der Waals surface area contributed by atoms with E-state index >= 15 is 0 Å². The van der Waals surface area contributed by atoms with Crippen LogP contribution in [0.4, 0.5) is 0 Å². The summed E-state index contributed by atoms with van der Waals surface area (Å²) in [6.07, 6.45) is 1.71. The fraction of sp³-hybridized carbons (Fsp3) is 0.400. The molecule has 0 saturated heterocycles. The Hall–Kier alpha value is -1.40. The summed E-state index contributed by atoms with van der Waals surface area (Å²) in [6, 6.07) is 5.99. The molecule has 0 aromatic carbocycles. The van der Waals surface area contributed by atoms with Gasteiger partial charge in [0.15, 0.2) is 0 Å². The molecule has 0 amide bonds. The van der Waals surface area contributed by atoms with Gasteiger partial charge in [-0.15, -0.1) is 0 Å². The van der Waals surface area contributed by atoms with Gasteiger partial charge in [-0.05, 0) is 25.5 Å². The molecule has 0 radical (unpaired) electrons. The molecule has 1 aromatic heterocycles. The van der Waals surface area contributed by atoms with E-state index in [4.69, 9.17) is 11.0 Å². The van der Waals surface area contributed by atoms with E-state index < -0.39 is 5.41 Å². The van der Waals surface area contributed by atoms with E-state index in [0.29, 0.717) is 6.54 Å². The minimum absolute atomic E-state index is 0.314. The van der Waals surface area contributed by atoms with Crippen LogP contribution in [0, 0.1) is 18.3 Å². The molecule has 0 aliphatic carbocycles.